The number of phenols is 1. The Morgan fingerprint density at radius 2 is 1.95 bits per heavy atom. The normalized spacial score (nSPS) is 11.8. The Hall–Kier alpha value is -2.49. The summed E-state index contributed by atoms with van der Waals surface area (Å²) in [7, 11) is 0. The monoisotopic (exact) mass is 284 g/mol. The molecule has 0 spiro atoms. The van der Waals surface area contributed by atoms with E-state index in [1.54, 1.807) is 12.1 Å². The highest BCUT2D eigenvalue weighted by atomic mass is 16.3. The topological polar surface area (TPSA) is 61.4 Å². The first-order chi connectivity index (χ1) is 9.95. The van der Waals surface area contributed by atoms with E-state index < -0.39 is 0 Å². The molecule has 21 heavy (non-hydrogen) atoms. The summed E-state index contributed by atoms with van der Waals surface area (Å²) < 4.78 is 0. The van der Waals surface area contributed by atoms with Crippen LogP contribution < -0.4 is 10.6 Å². The zero-order valence-corrected chi connectivity index (χ0v) is 12.5. The van der Waals surface area contributed by atoms with Gasteiger partial charge in [0.1, 0.15) is 5.75 Å². The minimum absolute atomic E-state index is 0.0448. The number of carbonyl (C=O) groups excluding carboxylic acids is 1. The molecule has 4 nitrogen and oxygen atoms in total. The summed E-state index contributed by atoms with van der Waals surface area (Å²) in [5, 5.41) is 15.7. The predicted molar refractivity (Wildman–Crippen MR) is 85.6 cm³/mol. The van der Waals surface area contributed by atoms with Crippen LogP contribution in [0.3, 0.4) is 0 Å². The highest BCUT2D eigenvalue weighted by Crippen LogP contribution is 2.26. The maximum Gasteiger partial charge on any atom is 0.221 e. The summed E-state index contributed by atoms with van der Waals surface area (Å²) in [5.41, 5.74) is 3.81. The molecule has 0 aromatic heterocycles. The molecule has 0 saturated carbocycles. The Morgan fingerprint density at radius 3 is 2.62 bits per heavy atom. The van der Waals surface area contributed by atoms with Gasteiger partial charge in [-0.1, -0.05) is 18.2 Å². The molecule has 0 fully saturated rings. The zero-order chi connectivity index (χ0) is 15.4. The molecule has 2 aromatic carbocycles. The number of amides is 1. The van der Waals surface area contributed by atoms with Crippen molar-refractivity contribution in [2.24, 2.45) is 0 Å². The summed E-state index contributed by atoms with van der Waals surface area (Å²) in [5.74, 6) is 0.163. The lowest BCUT2D eigenvalue weighted by molar-refractivity contribution is -0.114. The SMILES string of the molecule is CC(=O)Nc1ccc(C)c(NC(C)c2cccc(O)c2)c1. The van der Waals surface area contributed by atoms with Crippen molar-refractivity contribution >= 4 is 17.3 Å². The van der Waals surface area contributed by atoms with Crippen molar-refractivity contribution < 1.29 is 9.90 Å². The molecule has 0 aliphatic rings. The number of benzene rings is 2. The van der Waals surface area contributed by atoms with Crippen molar-refractivity contribution in [1.82, 2.24) is 0 Å². The van der Waals surface area contributed by atoms with Gasteiger partial charge in [0.2, 0.25) is 5.91 Å². The summed E-state index contributed by atoms with van der Waals surface area (Å²) in [6, 6.07) is 13.0. The Kier molecular flexibility index (Phi) is 4.48. The van der Waals surface area contributed by atoms with Crippen LogP contribution >= 0.6 is 0 Å². The van der Waals surface area contributed by atoms with Gasteiger partial charge in [0, 0.05) is 24.3 Å². The molecule has 4 heteroatoms. The molecule has 110 valence electrons. The molecular formula is C17H20N2O2. The first-order valence-corrected chi connectivity index (χ1v) is 6.89. The molecule has 1 atom stereocenters. The average molecular weight is 284 g/mol. The van der Waals surface area contributed by atoms with Gasteiger partial charge >= 0.3 is 0 Å². The number of hydrogen-bond donors (Lipinski definition) is 3. The molecule has 1 unspecified atom stereocenters. The number of aromatic hydroxyl groups is 1. The third-order valence-corrected chi connectivity index (χ3v) is 3.30. The molecular weight excluding hydrogens is 264 g/mol. The van der Waals surface area contributed by atoms with Gasteiger partial charge in [-0.15, -0.1) is 0 Å². The second-order valence-corrected chi connectivity index (χ2v) is 5.17. The molecule has 0 radical (unpaired) electrons. The maximum absolute atomic E-state index is 11.1. The molecule has 0 aliphatic heterocycles. The molecule has 0 heterocycles. The second-order valence-electron chi connectivity index (χ2n) is 5.17. The van der Waals surface area contributed by atoms with E-state index >= 15 is 0 Å². The first-order valence-electron chi connectivity index (χ1n) is 6.89. The fourth-order valence-corrected chi connectivity index (χ4v) is 2.17. The number of aryl methyl sites for hydroxylation is 1. The lowest BCUT2D eigenvalue weighted by atomic mass is 10.1. The van der Waals surface area contributed by atoms with E-state index in [2.05, 4.69) is 10.6 Å². The number of anilines is 2. The van der Waals surface area contributed by atoms with Gasteiger partial charge in [0.05, 0.1) is 0 Å². The van der Waals surface area contributed by atoms with Crippen LogP contribution in [-0.2, 0) is 4.79 Å². The van der Waals surface area contributed by atoms with Gasteiger partial charge in [0.25, 0.3) is 0 Å². The lowest BCUT2D eigenvalue weighted by Gasteiger charge is -2.18. The minimum atomic E-state index is -0.0918. The van der Waals surface area contributed by atoms with Crippen molar-refractivity contribution in [1.29, 1.82) is 0 Å². The van der Waals surface area contributed by atoms with Crippen molar-refractivity contribution in [3.63, 3.8) is 0 Å². The van der Waals surface area contributed by atoms with Crippen LogP contribution in [0.15, 0.2) is 42.5 Å². The molecule has 2 aromatic rings. The van der Waals surface area contributed by atoms with Crippen molar-refractivity contribution in [2.45, 2.75) is 26.8 Å². The van der Waals surface area contributed by atoms with Gasteiger partial charge < -0.3 is 15.7 Å². The third-order valence-electron chi connectivity index (χ3n) is 3.30. The Bertz CT molecular complexity index is 653. The highest BCUT2D eigenvalue weighted by molar-refractivity contribution is 5.89. The quantitative estimate of drug-likeness (QED) is 0.799. The minimum Gasteiger partial charge on any atom is -0.508 e. The van der Waals surface area contributed by atoms with E-state index in [0.717, 1.165) is 22.5 Å². The van der Waals surface area contributed by atoms with Crippen LogP contribution in [-0.4, -0.2) is 11.0 Å². The molecule has 2 rings (SSSR count). The summed E-state index contributed by atoms with van der Waals surface area (Å²) >= 11 is 0. The van der Waals surface area contributed by atoms with Crippen LogP contribution in [0.25, 0.3) is 0 Å². The number of carbonyl (C=O) groups is 1. The smallest absolute Gasteiger partial charge is 0.221 e. The van der Waals surface area contributed by atoms with Gasteiger partial charge in [-0.2, -0.15) is 0 Å². The van der Waals surface area contributed by atoms with Crippen LogP contribution in [0.1, 0.15) is 31.0 Å². The summed E-state index contributed by atoms with van der Waals surface area (Å²) in [6.07, 6.45) is 0. The molecule has 0 saturated heterocycles. The fraction of sp³-hybridized carbons (Fsp3) is 0.235. The van der Waals surface area contributed by atoms with Gasteiger partial charge in [-0.25, -0.2) is 0 Å². The Labute approximate surface area is 124 Å². The predicted octanol–water partition coefficient (Wildman–Crippen LogP) is 3.83. The van der Waals surface area contributed by atoms with Gasteiger partial charge in [-0.05, 0) is 49.2 Å². The Balaban J connectivity index is 2.20. The van der Waals surface area contributed by atoms with Crippen LogP contribution in [0.5, 0.6) is 5.75 Å². The summed E-state index contributed by atoms with van der Waals surface area (Å²) in [4.78, 5) is 11.1. The number of phenolic OH excluding ortho intramolecular Hbond substituents is 1. The third kappa shape index (κ3) is 3.99. The van der Waals surface area contributed by atoms with E-state index in [1.807, 2.05) is 44.2 Å². The first kappa shape index (κ1) is 14.9. The summed E-state index contributed by atoms with van der Waals surface area (Å²) in [6.45, 7) is 5.52. The van der Waals surface area contributed by atoms with E-state index in [4.69, 9.17) is 0 Å². The van der Waals surface area contributed by atoms with Crippen LogP contribution in [0.4, 0.5) is 11.4 Å². The fourth-order valence-electron chi connectivity index (χ4n) is 2.17. The number of hydrogen-bond acceptors (Lipinski definition) is 3. The second kappa shape index (κ2) is 6.31. The van der Waals surface area contributed by atoms with Crippen LogP contribution in [0.2, 0.25) is 0 Å². The molecule has 1 amide bonds. The zero-order valence-electron chi connectivity index (χ0n) is 12.5. The van der Waals surface area contributed by atoms with E-state index in [-0.39, 0.29) is 17.7 Å². The van der Waals surface area contributed by atoms with E-state index in [0.29, 0.717) is 0 Å². The number of rotatable bonds is 4. The highest BCUT2D eigenvalue weighted by Gasteiger charge is 2.08. The standard InChI is InChI=1S/C17H20N2O2/c1-11-7-8-15(19-13(3)20)10-17(11)18-12(2)14-5-4-6-16(21)9-14/h4-10,12,18,21H,1-3H3,(H,19,20). The number of nitrogens with one attached hydrogen (secondary N) is 2. The van der Waals surface area contributed by atoms with E-state index in [9.17, 15) is 9.90 Å². The molecule has 0 aliphatic carbocycles. The van der Waals surface area contributed by atoms with Crippen molar-refractivity contribution in [3.05, 3.63) is 53.6 Å². The maximum atomic E-state index is 11.1. The van der Waals surface area contributed by atoms with Gasteiger partial charge in [-0.3, -0.25) is 4.79 Å². The Morgan fingerprint density at radius 1 is 1.19 bits per heavy atom. The lowest BCUT2D eigenvalue weighted by Crippen LogP contribution is -2.09. The van der Waals surface area contributed by atoms with E-state index in [1.165, 1.54) is 6.92 Å². The van der Waals surface area contributed by atoms with Crippen molar-refractivity contribution in [3.8, 4) is 5.75 Å². The van der Waals surface area contributed by atoms with Crippen LogP contribution in [0, 0.1) is 6.92 Å². The molecule has 3 N–H and O–H groups in total. The molecule has 0 bridgehead atoms. The average Bonchev–Trinajstić information content (AvgIpc) is 2.42. The largest absolute Gasteiger partial charge is 0.508 e. The van der Waals surface area contributed by atoms with Crippen molar-refractivity contribution in [2.75, 3.05) is 10.6 Å². The van der Waals surface area contributed by atoms with Gasteiger partial charge in [0.15, 0.2) is 0 Å².